The minimum Gasteiger partial charge on any atom is -0.392 e. The van der Waals surface area contributed by atoms with Gasteiger partial charge in [0.1, 0.15) is 5.82 Å². The second-order valence-corrected chi connectivity index (χ2v) is 5.46. The predicted octanol–water partition coefficient (Wildman–Crippen LogP) is 4.78. The summed E-state index contributed by atoms with van der Waals surface area (Å²) in [6.45, 7) is -0.224. The molecule has 5 heteroatoms. The fourth-order valence-electron chi connectivity index (χ4n) is 1.46. The van der Waals surface area contributed by atoms with Crippen LogP contribution in [0.2, 0.25) is 10.0 Å². The minimum atomic E-state index is -0.386. The Morgan fingerprint density at radius 2 is 1.94 bits per heavy atom. The summed E-state index contributed by atoms with van der Waals surface area (Å²) in [4.78, 5) is 1.02. The van der Waals surface area contributed by atoms with E-state index in [9.17, 15) is 9.50 Å². The van der Waals surface area contributed by atoms with E-state index in [2.05, 4.69) is 0 Å². The van der Waals surface area contributed by atoms with Crippen LogP contribution >= 0.6 is 35.0 Å². The molecule has 1 nitrogen and oxygen atoms in total. The molecule has 0 saturated heterocycles. The second-order valence-electron chi connectivity index (χ2n) is 3.56. The molecule has 0 radical (unpaired) electrons. The first-order valence-corrected chi connectivity index (χ1v) is 6.70. The van der Waals surface area contributed by atoms with Crippen LogP contribution in [0.3, 0.4) is 0 Å². The van der Waals surface area contributed by atoms with Crippen molar-refractivity contribution in [3.8, 4) is 0 Å². The van der Waals surface area contributed by atoms with Crippen molar-refractivity contribution in [3.63, 3.8) is 0 Å². The maximum absolute atomic E-state index is 13.7. The molecule has 0 heterocycles. The van der Waals surface area contributed by atoms with E-state index in [-0.39, 0.29) is 12.4 Å². The zero-order valence-corrected chi connectivity index (χ0v) is 11.5. The Morgan fingerprint density at radius 3 is 2.67 bits per heavy atom. The molecule has 0 amide bonds. The molecule has 94 valence electrons. The molecular formula is C13H9Cl2FOS. The molecule has 1 N–H and O–H groups in total. The molecule has 0 saturated carbocycles. The van der Waals surface area contributed by atoms with Crippen molar-refractivity contribution in [1.82, 2.24) is 0 Å². The van der Waals surface area contributed by atoms with E-state index >= 15 is 0 Å². The first-order chi connectivity index (χ1) is 8.61. The molecule has 0 bridgehead atoms. The van der Waals surface area contributed by atoms with E-state index in [1.54, 1.807) is 30.3 Å². The number of rotatable bonds is 3. The molecule has 0 aliphatic heterocycles. The minimum absolute atomic E-state index is 0.224. The first-order valence-electron chi connectivity index (χ1n) is 5.13. The van der Waals surface area contributed by atoms with Gasteiger partial charge in [0.25, 0.3) is 0 Å². The lowest BCUT2D eigenvalue weighted by Gasteiger charge is -2.09. The summed E-state index contributed by atoms with van der Waals surface area (Å²) in [5.41, 5.74) is 0.524. The summed E-state index contributed by atoms with van der Waals surface area (Å²) in [5, 5.41) is 10.2. The second kappa shape index (κ2) is 5.93. The SMILES string of the molecule is OCc1cccc(F)c1Sc1cc(Cl)ccc1Cl. The molecule has 0 atom stereocenters. The van der Waals surface area contributed by atoms with E-state index in [4.69, 9.17) is 23.2 Å². The summed E-state index contributed by atoms with van der Waals surface area (Å²) < 4.78 is 13.7. The standard InChI is InChI=1S/C13H9Cl2FOS/c14-9-4-5-10(15)12(6-9)18-13-8(7-17)2-1-3-11(13)16/h1-6,17H,7H2. The van der Waals surface area contributed by atoms with Gasteiger partial charge in [0, 0.05) is 9.92 Å². The fraction of sp³-hybridized carbons (Fsp3) is 0.0769. The van der Waals surface area contributed by atoms with Gasteiger partial charge in [0.05, 0.1) is 16.5 Å². The smallest absolute Gasteiger partial charge is 0.137 e. The van der Waals surface area contributed by atoms with Gasteiger partial charge in [0.2, 0.25) is 0 Å². The zero-order valence-electron chi connectivity index (χ0n) is 9.16. The lowest BCUT2D eigenvalue weighted by molar-refractivity contribution is 0.277. The third kappa shape index (κ3) is 2.98. The van der Waals surface area contributed by atoms with Gasteiger partial charge in [-0.25, -0.2) is 4.39 Å². The van der Waals surface area contributed by atoms with Crippen molar-refractivity contribution in [2.24, 2.45) is 0 Å². The van der Waals surface area contributed by atoms with E-state index in [1.165, 1.54) is 6.07 Å². The maximum Gasteiger partial charge on any atom is 0.137 e. The van der Waals surface area contributed by atoms with Crippen LogP contribution in [0.1, 0.15) is 5.56 Å². The number of hydrogen-bond donors (Lipinski definition) is 1. The lowest BCUT2D eigenvalue weighted by atomic mass is 10.2. The quantitative estimate of drug-likeness (QED) is 0.881. The van der Waals surface area contributed by atoms with Crippen LogP contribution in [0.25, 0.3) is 0 Å². The molecule has 2 rings (SSSR count). The number of hydrogen-bond acceptors (Lipinski definition) is 2. The highest BCUT2D eigenvalue weighted by Gasteiger charge is 2.12. The number of aliphatic hydroxyl groups is 1. The Morgan fingerprint density at radius 1 is 1.17 bits per heavy atom. The monoisotopic (exact) mass is 302 g/mol. The lowest BCUT2D eigenvalue weighted by Crippen LogP contribution is -1.91. The largest absolute Gasteiger partial charge is 0.392 e. The molecule has 0 aliphatic rings. The Bertz CT molecular complexity index is 575. The Kier molecular flexibility index (Phi) is 4.51. The summed E-state index contributed by atoms with van der Waals surface area (Å²) in [6.07, 6.45) is 0. The topological polar surface area (TPSA) is 20.2 Å². The summed E-state index contributed by atoms with van der Waals surface area (Å²) >= 11 is 13.1. The molecule has 0 aliphatic carbocycles. The van der Waals surface area contributed by atoms with E-state index in [1.807, 2.05) is 0 Å². The van der Waals surface area contributed by atoms with Gasteiger partial charge < -0.3 is 5.11 Å². The van der Waals surface area contributed by atoms with Crippen molar-refractivity contribution in [2.75, 3.05) is 0 Å². The summed E-state index contributed by atoms with van der Waals surface area (Å²) in [5.74, 6) is -0.386. The highest BCUT2D eigenvalue weighted by Crippen LogP contribution is 2.38. The average Bonchev–Trinajstić information content (AvgIpc) is 2.36. The van der Waals surface area contributed by atoms with Crippen LogP contribution in [0.5, 0.6) is 0 Å². The Labute approximate surface area is 119 Å². The molecular weight excluding hydrogens is 294 g/mol. The van der Waals surface area contributed by atoms with Gasteiger partial charge in [-0.05, 0) is 29.8 Å². The van der Waals surface area contributed by atoms with E-state index in [0.29, 0.717) is 25.4 Å². The molecule has 0 fully saturated rings. The molecule has 0 aromatic heterocycles. The Balaban J connectivity index is 2.42. The highest BCUT2D eigenvalue weighted by molar-refractivity contribution is 7.99. The van der Waals surface area contributed by atoms with Gasteiger partial charge in [-0.2, -0.15) is 0 Å². The van der Waals surface area contributed by atoms with Crippen LogP contribution in [0.4, 0.5) is 4.39 Å². The number of benzene rings is 2. The van der Waals surface area contributed by atoms with E-state index < -0.39 is 0 Å². The first kappa shape index (κ1) is 13.7. The third-order valence-corrected chi connectivity index (χ3v) is 4.22. The van der Waals surface area contributed by atoms with Gasteiger partial charge >= 0.3 is 0 Å². The van der Waals surface area contributed by atoms with Gasteiger partial charge in [-0.15, -0.1) is 0 Å². The average molecular weight is 303 g/mol. The number of halogens is 3. The molecule has 2 aromatic carbocycles. The van der Waals surface area contributed by atoms with Crippen LogP contribution in [-0.2, 0) is 6.61 Å². The van der Waals surface area contributed by atoms with Gasteiger partial charge in [-0.1, -0.05) is 47.1 Å². The maximum atomic E-state index is 13.7. The van der Waals surface area contributed by atoms with Crippen LogP contribution in [-0.4, -0.2) is 5.11 Å². The Hall–Kier alpha value is -0.740. The van der Waals surface area contributed by atoms with Crippen molar-refractivity contribution < 1.29 is 9.50 Å². The molecule has 0 spiro atoms. The normalized spacial score (nSPS) is 10.7. The number of aliphatic hydroxyl groups excluding tert-OH is 1. The van der Waals surface area contributed by atoms with Crippen molar-refractivity contribution >= 4 is 35.0 Å². The highest BCUT2D eigenvalue weighted by atomic mass is 35.5. The van der Waals surface area contributed by atoms with Gasteiger partial charge in [0.15, 0.2) is 0 Å². The third-order valence-electron chi connectivity index (χ3n) is 2.32. The van der Waals surface area contributed by atoms with Crippen LogP contribution in [0.15, 0.2) is 46.2 Å². The summed E-state index contributed by atoms with van der Waals surface area (Å²) in [7, 11) is 0. The van der Waals surface area contributed by atoms with Crippen molar-refractivity contribution in [2.45, 2.75) is 16.4 Å². The van der Waals surface area contributed by atoms with Crippen molar-refractivity contribution in [1.29, 1.82) is 0 Å². The van der Waals surface area contributed by atoms with Crippen LogP contribution in [0, 0.1) is 5.82 Å². The molecule has 2 aromatic rings. The van der Waals surface area contributed by atoms with E-state index in [0.717, 1.165) is 11.8 Å². The van der Waals surface area contributed by atoms with Crippen LogP contribution < -0.4 is 0 Å². The molecule has 0 unspecified atom stereocenters. The van der Waals surface area contributed by atoms with Gasteiger partial charge in [-0.3, -0.25) is 0 Å². The predicted molar refractivity (Wildman–Crippen MR) is 72.9 cm³/mol. The van der Waals surface area contributed by atoms with Crippen molar-refractivity contribution in [3.05, 3.63) is 57.8 Å². The fourth-order valence-corrected chi connectivity index (χ4v) is 2.93. The summed E-state index contributed by atoms with van der Waals surface area (Å²) in [6, 6.07) is 9.57. The zero-order chi connectivity index (χ0) is 13.1. The molecule has 18 heavy (non-hydrogen) atoms.